The largest absolute Gasteiger partial charge is 0.366 e. The van der Waals surface area contributed by atoms with Crippen molar-refractivity contribution in [2.24, 2.45) is 0 Å². The van der Waals surface area contributed by atoms with Crippen LogP contribution in [0.25, 0.3) is 0 Å². The summed E-state index contributed by atoms with van der Waals surface area (Å²) in [6.07, 6.45) is -1.02. The SMILES string of the molecule is O=c1[nH]nc(CN2CCO[C@H](O)[C@@H]2c2ccc(F)cc2)[nH]1. The molecule has 0 radical (unpaired) electrons. The number of nitrogens with one attached hydrogen (secondary N) is 2. The van der Waals surface area contributed by atoms with Crippen LogP contribution < -0.4 is 5.69 Å². The quantitative estimate of drug-likeness (QED) is 0.748. The van der Waals surface area contributed by atoms with Gasteiger partial charge in [-0.05, 0) is 17.7 Å². The smallest absolute Gasteiger partial charge is 0.340 e. The molecule has 1 saturated heterocycles. The number of aliphatic hydroxyl groups is 1. The molecular weight excluding hydrogens is 279 g/mol. The Hall–Kier alpha value is -2.03. The minimum atomic E-state index is -1.02. The van der Waals surface area contributed by atoms with Crippen LogP contribution in [0.3, 0.4) is 0 Å². The first-order chi connectivity index (χ1) is 10.1. The predicted molar refractivity (Wildman–Crippen MR) is 70.7 cm³/mol. The maximum absolute atomic E-state index is 13.0. The first-order valence-electron chi connectivity index (χ1n) is 6.56. The highest BCUT2D eigenvalue weighted by atomic mass is 19.1. The van der Waals surface area contributed by atoms with Gasteiger partial charge in [-0.2, -0.15) is 5.10 Å². The van der Waals surface area contributed by atoms with Crippen molar-refractivity contribution in [1.82, 2.24) is 20.1 Å². The number of aromatic amines is 2. The predicted octanol–water partition coefficient (Wildman–Crippen LogP) is 0.129. The molecule has 2 aromatic rings. The molecule has 3 N–H and O–H groups in total. The maximum atomic E-state index is 13.0. The molecule has 8 heteroatoms. The molecule has 0 spiro atoms. The Bertz CT molecular complexity index is 654. The van der Waals surface area contributed by atoms with Crippen molar-refractivity contribution in [2.75, 3.05) is 13.2 Å². The van der Waals surface area contributed by atoms with Gasteiger partial charge in [-0.25, -0.2) is 14.3 Å². The number of aromatic nitrogens is 3. The number of benzene rings is 1. The van der Waals surface area contributed by atoms with E-state index in [2.05, 4.69) is 15.2 Å². The van der Waals surface area contributed by atoms with Gasteiger partial charge in [0.05, 0.1) is 19.2 Å². The molecule has 2 heterocycles. The van der Waals surface area contributed by atoms with Gasteiger partial charge in [-0.3, -0.25) is 9.88 Å². The number of hydrogen-bond donors (Lipinski definition) is 3. The molecule has 1 aliphatic heterocycles. The normalized spacial score (nSPS) is 23.3. The monoisotopic (exact) mass is 294 g/mol. The molecule has 1 aliphatic rings. The molecule has 112 valence electrons. The van der Waals surface area contributed by atoms with Crippen LogP contribution in [0.15, 0.2) is 29.1 Å². The third kappa shape index (κ3) is 3.02. The fourth-order valence-corrected chi connectivity index (χ4v) is 2.49. The van der Waals surface area contributed by atoms with E-state index in [1.54, 1.807) is 12.1 Å². The van der Waals surface area contributed by atoms with Crippen LogP contribution in [0.2, 0.25) is 0 Å². The average molecular weight is 294 g/mol. The highest BCUT2D eigenvalue weighted by molar-refractivity contribution is 5.21. The number of halogens is 1. The summed E-state index contributed by atoms with van der Waals surface area (Å²) in [7, 11) is 0. The Kier molecular flexibility index (Phi) is 3.82. The summed E-state index contributed by atoms with van der Waals surface area (Å²) in [6.45, 7) is 1.28. The standard InChI is InChI=1S/C13H15FN4O3/c14-9-3-1-8(2-4-9)11-12(19)21-6-5-18(11)7-10-15-13(20)17-16-10/h1-4,11-12,19H,5-7H2,(H2,15,16,17,20)/t11-,12-/m0/s1. The van der Waals surface area contributed by atoms with Gasteiger partial charge in [0.25, 0.3) is 0 Å². The number of hydrogen-bond acceptors (Lipinski definition) is 5. The first kappa shape index (κ1) is 13.9. The molecule has 3 rings (SSSR count). The van der Waals surface area contributed by atoms with Crippen LogP contribution in [0, 0.1) is 5.82 Å². The third-order valence-corrected chi connectivity index (χ3v) is 3.45. The minimum absolute atomic E-state index is 0.340. The van der Waals surface area contributed by atoms with E-state index in [4.69, 9.17) is 4.74 Å². The molecule has 0 saturated carbocycles. The van der Waals surface area contributed by atoms with Crippen molar-refractivity contribution in [1.29, 1.82) is 0 Å². The van der Waals surface area contributed by atoms with E-state index in [1.165, 1.54) is 12.1 Å². The van der Waals surface area contributed by atoms with Crippen LogP contribution in [0.4, 0.5) is 4.39 Å². The number of morpholine rings is 1. The van der Waals surface area contributed by atoms with Crippen molar-refractivity contribution >= 4 is 0 Å². The van der Waals surface area contributed by atoms with Gasteiger partial charge < -0.3 is 9.84 Å². The van der Waals surface area contributed by atoms with Gasteiger partial charge >= 0.3 is 5.69 Å². The Morgan fingerprint density at radius 1 is 1.43 bits per heavy atom. The lowest BCUT2D eigenvalue weighted by atomic mass is 10.0. The van der Waals surface area contributed by atoms with Gasteiger partial charge in [-0.1, -0.05) is 12.1 Å². The number of ether oxygens (including phenoxy) is 1. The third-order valence-electron chi connectivity index (χ3n) is 3.45. The fraction of sp³-hybridized carbons (Fsp3) is 0.385. The molecular formula is C13H15FN4O3. The molecule has 2 atom stereocenters. The molecule has 0 aliphatic carbocycles. The lowest BCUT2D eigenvalue weighted by Crippen LogP contribution is -2.45. The van der Waals surface area contributed by atoms with E-state index >= 15 is 0 Å². The van der Waals surface area contributed by atoms with Crippen molar-refractivity contribution in [3.05, 3.63) is 52.0 Å². The zero-order valence-electron chi connectivity index (χ0n) is 11.1. The number of H-pyrrole nitrogens is 2. The Balaban J connectivity index is 1.85. The maximum Gasteiger partial charge on any atom is 0.340 e. The Morgan fingerprint density at radius 2 is 2.19 bits per heavy atom. The summed E-state index contributed by atoms with van der Waals surface area (Å²) < 4.78 is 18.3. The van der Waals surface area contributed by atoms with E-state index in [1.807, 2.05) is 4.90 Å². The van der Waals surface area contributed by atoms with E-state index < -0.39 is 12.3 Å². The van der Waals surface area contributed by atoms with Gasteiger partial charge in [0.2, 0.25) is 0 Å². The van der Waals surface area contributed by atoms with Gasteiger partial charge in [0, 0.05) is 6.54 Å². The van der Waals surface area contributed by atoms with Gasteiger partial charge in [-0.15, -0.1) is 0 Å². The van der Waals surface area contributed by atoms with Crippen molar-refractivity contribution in [3.8, 4) is 0 Å². The lowest BCUT2D eigenvalue weighted by Gasteiger charge is -2.38. The van der Waals surface area contributed by atoms with E-state index in [0.717, 1.165) is 5.56 Å². The van der Waals surface area contributed by atoms with E-state index in [-0.39, 0.29) is 11.5 Å². The van der Waals surface area contributed by atoms with Gasteiger partial charge in [0.1, 0.15) is 11.6 Å². The summed E-state index contributed by atoms with van der Waals surface area (Å²) in [5.74, 6) is 0.134. The van der Waals surface area contributed by atoms with E-state index in [0.29, 0.717) is 25.5 Å². The van der Waals surface area contributed by atoms with Crippen LogP contribution >= 0.6 is 0 Å². The van der Waals surface area contributed by atoms with Gasteiger partial charge in [0.15, 0.2) is 6.29 Å². The fourth-order valence-electron chi connectivity index (χ4n) is 2.49. The molecule has 21 heavy (non-hydrogen) atoms. The molecule has 0 unspecified atom stereocenters. The number of aliphatic hydroxyl groups excluding tert-OH is 1. The summed E-state index contributed by atoms with van der Waals surface area (Å²) in [5, 5.41) is 16.2. The molecule has 1 aromatic carbocycles. The highest BCUT2D eigenvalue weighted by Gasteiger charge is 2.32. The zero-order valence-corrected chi connectivity index (χ0v) is 11.1. The van der Waals surface area contributed by atoms with Crippen molar-refractivity contribution in [3.63, 3.8) is 0 Å². The summed E-state index contributed by atoms with van der Waals surface area (Å²) in [5.41, 5.74) is 0.360. The Morgan fingerprint density at radius 3 is 2.86 bits per heavy atom. The molecule has 0 bridgehead atoms. The van der Waals surface area contributed by atoms with Crippen LogP contribution in [0.1, 0.15) is 17.4 Å². The average Bonchev–Trinajstić information content (AvgIpc) is 2.86. The van der Waals surface area contributed by atoms with Crippen LogP contribution in [0.5, 0.6) is 0 Å². The van der Waals surface area contributed by atoms with Crippen LogP contribution in [-0.2, 0) is 11.3 Å². The zero-order chi connectivity index (χ0) is 14.8. The lowest BCUT2D eigenvalue weighted by molar-refractivity contribution is -0.184. The number of nitrogens with zero attached hydrogens (tertiary/aromatic N) is 2. The first-order valence-corrected chi connectivity index (χ1v) is 6.56. The Labute approximate surface area is 119 Å². The summed E-state index contributed by atoms with van der Waals surface area (Å²) in [4.78, 5) is 15.6. The highest BCUT2D eigenvalue weighted by Crippen LogP contribution is 2.29. The second-order valence-electron chi connectivity index (χ2n) is 4.85. The summed E-state index contributed by atoms with van der Waals surface area (Å²) in [6, 6.07) is 5.45. The molecule has 0 amide bonds. The van der Waals surface area contributed by atoms with E-state index in [9.17, 15) is 14.3 Å². The topological polar surface area (TPSA) is 94.2 Å². The second-order valence-corrected chi connectivity index (χ2v) is 4.85. The van der Waals surface area contributed by atoms with Crippen molar-refractivity contribution < 1.29 is 14.2 Å². The van der Waals surface area contributed by atoms with Crippen molar-refractivity contribution in [2.45, 2.75) is 18.9 Å². The minimum Gasteiger partial charge on any atom is -0.366 e. The summed E-state index contributed by atoms with van der Waals surface area (Å²) >= 11 is 0. The molecule has 7 nitrogen and oxygen atoms in total. The van der Waals surface area contributed by atoms with Crippen LogP contribution in [-0.4, -0.2) is 44.6 Å². The number of rotatable bonds is 3. The molecule has 1 fully saturated rings. The molecule has 1 aromatic heterocycles. The second kappa shape index (κ2) is 5.76.